The van der Waals surface area contributed by atoms with Gasteiger partial charge in [-0.2, -0.15) is 0 Å². The van der Waals surface area contributed by atoms with Gasteiger partial charge in [0.05, 0.1) is 11.7 Å². The Morgan fingerprint density at radius 3 is 2.36 bits per heavy atom. The van der Waals surface area contributed by atoms with Crippen LogP contribution >= 0.6 is 0 Å². The Bertz CT molecular complexity index is 1160. The van der Waals surface area contributed by atoms with E-state index in [1.165, 1.54) is 4.90 Å². The lowest BCUT2D eigenvalue weighted by molar-refractivity contribution is 0.0596. The van der Waals surface area contributed by atoms with E-state index in [9.17, 15) is 9.59 Å². The first-order valence-corrected chi connectivity index (χ1v) is 12.3. The largest absolute Gasteiger partial charge is 0.445 e. The minimum atomic E-state index is -0.683. The van der Waals surface area contributed by atoms with Crippen molar-refractivity contribution in [2.75, 3.05) is 11.4 Å². The summed E-state index contributed by atoms with van der Waals surface area (Å²) in [7, 11) is 0. The summed E-state index contributed by atoms with van der Waals surface area (Å²) in [4.78, 5) is 34.5. The molecule has 1 aliphatic heterocycles. The number of hydrogen-bond acceptors (Lipinski definition) is 5. The van der Waals surface area contributed by atoms with Crippen molar-refractivity contribution >= 4 is 23.7 Å². The number of likely N-dealkylation sites (tertiary alicyclic amines) is 1. The normalized spacial score (nSPS) is 15.8. The Kier molecular flexibility index (Phi) is 7.88. The van der Waals surface area contributed by atoms with E-state index in [0.717, 1.165) is 30.4 Å². The van der Waals surface area contributed by atoms with Gasteiger partial charge in [0.1, 0.15) is 18.0 Å². The number of nitrogens with zero attached hydrogens (tertiary/aromatic N) is 3. The average Bonchev–Trinajstić information content (AvgIpc) is 2.88. The Balaban J connectivity index is 1.66. The van der Waals surface area contributed by atoms with Gasteiger partial charge >= 0.3 is 12.2 Å². The third kappa shape index (κ3) is 6.22. The molecule has 0 saturated carbocycles. The molecule has 2 aromatic carbocycles. The van der Waals surface area contributed by atoms with Crippen LogP contribution in [0.1, 0.15) is 57.2 Å². The van der Waals surface area contributed by atoms with E-state index in [4.69, 9.17) is 9.47 Å². The molecule has 1 fully saturated rings. The van der Waals surface area contributed by atoms with Gasteiger partial charge in [0.15, 0.2) is 0 Å². The van der Waals surface area contributed by atoms with E-state index in [-0.39, 0.29) is 18.7 Å². The molecule has 0 aliphatic carbocycles. The second-order valence-electron chi connectivity index (χ2n) is 9.81. The zero-order valence-corrected chi connectivity index (χ0v) is 21.1. The van der Waals surface area contributed by atoms with Crippen LogP contribution in [-0.4, -0.2) is 34.2 Å². The molecule has 0 radical (unpaired) electrons. The summed E-state index contributed by atoms with van der Waals surface area (Å²) in [5.74, 6) is 0.450. The van der Waals surface area contributed by atoms with Crippen LogP contribution < -0.4 is 4.90 Å². The SMILES string of the molecule is CC(C)(C)OC(=O)N(c1ccccc1)c1ncccc1C1CCCCN1C(=O)OCc1ccccc1. The number of pyridine rings is 1. The zero-order chi connectivity index (χ0) is 25.5. The van der Waals surface area contributed by atoms with E-state index in [1.54, 1.807) is 11.1 Å². The standard InChI is InChI=1S/C29H33N3O4/c1-29(2,3)36-28(34)32(23-15-8-5-9-16-23)26-24(17-12-19-30-26)25-18-10-11-20-31(25)27(33)35-21-22-13-6-4-7-14-22/h4-9,12-17,19,25H,10-11,18,20-21H2,1-3H3. The number of aromatic nitrogens is 1. The Hall–Kier alpha value is -3.87. The van der Waals surface area contributed by atoms with Crippen LogP contribution in [0.15, 0.2) is 79.0 Å². The number of benzene rings is 2. The van der Waals surface area contributed by atoms with Gasteiger partial charge in [0, 0.05) is 18.3 Å². The fraction of sp³-hybridized carbons (Fsp3) is 0.345. The first kappa shape index (κ1) is 25.2. The van der Waals surface area contributed by atoms with Crippen molar-refractivity contribution in [1.82, 2.24) is 9.88 Å². The molecule has 0 spiro atoms. The van der Waals surface area contributed by atoms with Gasteiger partial charge in [-0.3, -0.25) is 0 Å². The Morgan fingerprint density at radius 1 is 0.972 bits per heavy atom. The molecule has 188 valence electrons. The Labute approximate surface area is 212 Å². The van der Waals surface area contributed by atoms with Crippen LogP contribution in [-0.2, 0) is 16.1 Å². The van der Waals surface area contributed by atoms with E-state index in [0.29, 0.717) is 18.1 Å². The zero-order valence-electron chi connectivity index (χ0n) is 21.1. The quantitative estimate of drug-likeness (QED) is 0.387. The highest BCUT2D eigenvalue weighted by atomic mass is 16.6. The van der Waals surface area contributed by atoms with Gasteiger partial charge in [-0.05, 0) is 63.8 Å². The first-order chi connectivity index (χ1) is 17.3. The predicted octanol–water partition coefficient (Wildman–Crippen LogP) is 7.02. The summed E-state index contributed by atoms with van der Waals surface area (Å²) in [6.07, 6.45) is 3.35. The highest BCUT2D eigenvalue weighted by molar-refractivity contribution is 5.96. The molecule has 4 rings (SSSR count). The van der Waals surface area contributed by atoms with Crippen LogP contribution in [0.5, 0.6) is 0 Å². The molecule has 36 heavy (non-hydrogen) atoms. The van der Waals surface area contributed by atoms with Crippen LogP contribution in [0.25, 0.3) is 0 Å². The van der Waals surface area contributed by atoms with Crippen molar-refractivity contribution in [3.63, 3.8) is 0 Å². The number of carbonyl (C=O) groups excluding carboxylic acids is 2. The average molecular weight is 488 g/mol. The van der Waals surface area contributed by atoms with E-state index < -0.39 is 11.7 Å². The van der Waals surface area contributed by atoms with Crippen LogP contribution in [0, 0.1) is 0 Å². The minimum absolute atomic E-state index is 0.205. The van der Waals surface area contributed by atoms with E-state index >= 15 is 0 Å². The molecular formula is C29H33N3O4. The first-order valence-electron chi connectivity index (χ1n) is 12.3. The molecule has 7 nitrogen and oxygen atoms in total. The Morgan fingerprint density at radius 2 is 1.67 bits per heavy atom. The molecule has 0 N–H and O–H groups in total. The lowest BCUT2D eigenvalue weighted by Crippen LogP contribution is -2.40. The van der Waals surface area contributed by atoms with Crippen molar-refractivity contribution < 1.29 is 19.1 Å². The van der Waals surface area contributed by atoms with E-state index in [2.05, 4.69) is 4.98 Å². The summed E-state index contributed by atoms with van der Waals surface area (Å²) >= 11 is 0. The minimum Gasteiger partial charge on any atom is -0.445 e. The summed E-state index contributed by atoms with van der Waals surface area (Å²) in [5, 5.41) is 0. The summed E-state index contributed by atoms with van der Waals surface area (Å²) in [6.45, 7) is 6.28. The fourth-order valence-electron chi connectivity index (χ4n) is 4.33. The fourth-order valence-corrected chi connectivity index (χ4v) is 4.33. The van der Waals surface area contributed by atoms with Crippen LogP contribution in [0.2, 0.25) is 0 Å². The van der Waals surface area contributed by atoms with Crippen molar-refractivity contribution in [2.45, 2.75) is 58.3 Å². The number of amides is 2. The van der Waals surface area contributed by atoms with E-state index in [1.807, 2.05) is 93.6 Å². The molecule has 3 aromatic rings. The summed E-state index contributed by atoms with van der Waals surface area (Å²) in [5.41, 5.74) is 1.67. The number of hydrogen-bond donors (Lipinski definition) is 0. The third-order valence-corrected chi connectivity index (χ3v) is 5.92. The van der Waals surface area contributed by atoms with Crippen LogP contribution in [0.4, 0.5) is 21.1 Å². The van der Waals surface area contributed by atoms with Gasteiger partial charge in [-0.1, -0.05) is 54.6 Å². The molecule has 7 heteroatoms. The smallest absolute Gasteiger partial charge is 0.420 e. The van der Waals surface area contributed by atoms with Gasteiger partial charge in [-0.25, -0.2) is 19.5 Å². The highest BCUT2D eigenvalue weighted by Gasteiger charge is 2.35. The maximum absolute atomic E-state index is 13.4. The lowest BCUT2D eigenvalue weighted by atomic mass is 9.95. The van der Waals surface area contributed by atoms with Crippen molar-refractivity contribution in [1.29, 1.82) is 0 Å². The number of para-hydroxylation sites is 1. The topological polar surface area (TPSA) is 72.0 Å². The van der Waals surface area contributed by atoms with Gasteiger partial charge in [-0.15, -0.1) is 0 Å². The maximum Gasteiger partial charge on any atom is 0.420 e. The molecule has 2 heterocycles. The highest BCUT2D eigenvalue weighted by Crippen LogP contribution is 2.38. The second kappa shape index (κ2) is 11.2. The molecule has 1 aliphatic rings. The molecule has 2 amide bonds. The monoisotopic (exact) mass is 487 g/mol. The number of anilines is 2. The molecule has 0 bridgehead atoms. The second-order valence-corrected chi connectivity index (χ2v) is 9.81. The van der Waals surface area contributed by atoms with Crippen molar-refractivity contribution in [3.8, 4) is 0 Å². The van der Waals surface area contributed by atoms with Gasteiger partial charge in [0.25, 0.3) is 0 Å². The number of rotatable bonds is 5. The molecule has 1 unspecified atom stereocenters. The van der Waals surface area contributed by atoms with Gasteiger partial charge in [0.2, 0.25) is 0 Å². The number of piperidine rings is 1. The van der Waals surface area contributed by atoms with Crippen molar-refractivity contribution in [3.05, 3.63) is 90.1 Å². The maximum atomic E-state index is 13.4. The molecule has 1 aromatic heterocycles. The van der Waals surface area contributed by atoms with Crippen molar-refractivity contribution in [2.24, 2.45) is 0 Å². The molecule has 1 atom stereocenters. The predicted molar refractivity (Wildman–Crippen MR) is 139 cm³/mol. The third-order valence-electron chi connectivity index (χ3n) is 5.92. The van der Waals surface area contributed by atoms with Gasteiger partial charge < -0.3 is 14.4 Å². The lowest BCUT2D eigenvalue weighted by Gasteiger charge is -2.37. The summed E-state index contributed by atoms with van der Waals surface area (Å²) in [6, 6.07) is 22.4. The molecule has 1 saturated heterocycles. The number of carbonyl (C=O) groups is 2. The number of ether oxygens (including phenoxy) is 2. The summed E-state index contributed by atoms with van der Waals surface area (Å²) < 4.78 is 11.4. The molecular weight excluding hydrogens is 454 g/mol. The van der Waals surface area contributed by atoms with Crippen LogP contribution in [0.3, 0.4) is 0 Å².